The third kappa shape index (κ3) is 3.53. The van der Waals surface area contributed by atoms with Gasteiger partial charge in [0.05, 0.1) is 4.90 Å². The summed E-state index contributed by atoms with van der Waals surface area (Å²) in [5.74, 6) is 0.304. The van der Waals surface area contributed by atoms with E-state index in [1.807, 2.05) is 17.8 Å². The average molecular weight is 399 g/mol. The van der Waals surface area contributed by atoms with Gasteiger partial charge in [0.15, 0.2) is 0 Å². The minimum atomic E-state index is -3.48. The Labute approximate surface area is 138 Å². The van der Waals surface area contributed by atoms with Crippen LogP contribution in [0, 0.1) is 0 Å². The van der Waals surface area contributed by atoms with E-state index in [1.54, 1.807) is 16.4 Å². The molecule has 1 aromatic rings. The Balaban J connectivity index is 2.39. The van der Waals surface area contributed by atoms with Crippen LogP contribution in [0.1, 0.15) is 19.4 Å². The molecule has 7 heteroatoms. The Kier molecular flexibility index (Phi) is 5.46. The van der Waals surface area contributed by atoms with Crippen molar-refractivity contribution in [1.82, 2.24) is 4.31 Å². The lowest BCUT2D eigenvalue weighted by Gasteiger charge is -2.33. The second-order valence-electron chi connectivity index (χ2n) is 4.98. The summed E-state index contributed by atoms with van der Waals surface area (Å²) in [4.78, 5) is 0.307. The topological polar surface area (TPSA) is 37.4 Å². The fourth-order valence-electron chi connectivity index (χ4n) is 2.29. The lowest BCUT2D eigenvalue weighted by atomic mass is 10.2. The van der Waals surface area contributed by atoms with Gasteiger partial charge in [-0.05, 0) is 33.6 Å². The molecule has 1 aliphatic rings. The maximum absolute atomic E-state index is 12.8. The van der Waals surface area contributed by atoms with Crippen molar-refractivity contribution in [2.75, 3.05) is 13.1 Å². The largest absolute Gasteiger partial charge is 0.244 e. The molecule has 0 spiro atoms. The number of benzene rings is 1. The number of sulfonamides is 1. The van der Waals surface area contributed by atoms with Gasteiger partial charge >= 0.3 is 0 Å². The van der Waals surface area contributed by atoms with Crippen LogP contribution in [0.5, 0.6) is 0 Å². The van der Waals surface area contributed by atoms with Gasteiger partial charge in [-0.2, -0.15) is 16.1 Å². The minimum absolute atomic E-state index is 0.304. The molecule has 0 saturated carbocycles. The van der Waals surface area contributed by atoms with Crippen molar-refractivity contribution in [3.05, 3.63) is 28.2 Å². The third-order valence-corrected chi connectivity index (χ3v) is 7.52. The maximum atomic E-state index is 12.8. The van der Waals surface area contributed by atoms with Crippen LogP contribution in [0.3, 0.4) is 0 Å². The average Bonchev–Trinajstić information content (AvgIpc) is 2.38. The molecule has 1 saturated heterocycles. The second-order valence-corrected chi connectivity index (χ2v) is 9.89. The van der Waals surface area contributed by atoms with Crippen molar-refractivity contribution < 1.29 is 8.42 Å². The molecule has 2 unspecified atom stereocenters. The molecule has 1 aromatic carbocycles. The fraction of sp³-hybridized carbons (Fsp3) is 0.538. The molecule has 1 heterocycles. The molecule has 2 rings (SSSR count). The molecule has 0 amide bonds. The Hall–Kier alpha value is 0.250. The highest BCUT2D eigenvalue weighted by Gasteiger charge is 2.33. The lowest BCUT2D eigenvalue weighted by Crippen LogP contribution is -2.44. The smallest absolute Gasteiger partial charge is 0.207 e. The minimum Gasteiger partial charge on any atom is -0.207 e. The van der Waals surface area contributed by atoms with Crippen molar-refractivity contribution in [1.29, 1.82) is 0 Å². The normalized spacial score (nSPS) is 24.8. The number of nitrogens with zero attached hydrogens (tertiary/aromatic N) is 1. The van der Waals surface area contributed by atoms with Crippen molar-refractivity contribution in [3.8, 4) is 0 Å². The second kappa shape index (κ2) is 6.57. The SMILES string of the molecule is CC1CN(S(=O)(=O)c2cc(CCl)ccc2Br)CC(C)S1. The summed E-state index contributed by atoms with van der Waals surface area (Å²) >= 11 is 11.0. The van der Waals surface area contributed by atoms with Gasteiger partial charge < -0.3 is 0 Å². The Morgan fingerprint density at radius 1 is 1.35 bits per heavy atom. The predicted molar refractivity (Wildman–Crippen MR) is 89.0 cm³/mol. The molecule has 3 nitrogen and oxygen atoms in total. The van der Waals surface area contributed by atoms with Gasteiger partial charge in [-0.15, -0.1) is 11.6 Å². The number of hydrogen-bond acceptors (Lipinski definition) is 3. The van der Waals surface area contributed by atoms with E-state index in [0.717, 1.165) is 5.56 Å². The van der Waals surface area contributed by atoms with E-state index >= 15 is 0 Å². The van der Waals surface area contributed by atoms with Gasteiger partial charge in [0.25, 0.3) is 0 Å². The Morgan fingerprint density at radius 3 is 2.50 bits per heavy atom. The van der Waals surface area contributed by atoms with E-state index in [9.17, 15) is 8.42 Å². The van der Waals surface area contributed by atoms with E-state index in [0.29, 0.717) is 38.8 Å². The van der Waals surface area contributed by atoms with Gasteiger partial charge in [0, 0.05) is 33.9 Å². The molecular formula is C13H17BrClNO2S2. The first kappa shape index (κ1) is 16.6. The van der Waals surface area contributed by atoms with E-state index in [-0.39, 0.29) is 0 Å². The van der Waals surface area contributed by atoms with Crippen molar-refractivity contribution in [3.63, 3.8) is 0 Å². The van der Waals surface area contributed by atoms with Gasteiger partial charge in [0.2, 0.25) is 10.0 Å². The quantitative estimate of drug-likeness (QED) is 0.729. The van der Waals surface area contributed by atoms with Crippen LogP contribution in [0.15, 0.2) is 27.6 Å². The van der Waals surface area contributed by atoms with Crippen LogP contribution >= 0.6 is 39.3 Å². The zero-order valence-corrected chi connectivity index (χ0v) is 15.3. The summed E-state index contributed by atoms with van der Waals surface area (Å²) < 4.78 is 27.8. The molecule has 0 aromatic heterocycles. The van der Waals surface area contributed by atoms with Crippen LogP contribution in [-0.2, 0) is 15.9 Å². The van der Waals surface area contributed by atoms with Crippen molar-refractivity contribution >= 4 is 49.3 Å². The number of thioether (sulfide) groups is 1. The van der Waals surface area contributed by atoms with Gasteiger partial charge in [0.1, 0.15) is 0 Å². The number of hydrogen-bond donors (Lipinski definition) is 0. The first-order valence-electron chi connectivity index (χ1n) is 6.34. The summed E-state index contributed by atoms with van der Waals surface area (Å²) in [6.07, 6.45) is 0. The molecule has 0 aliphatic carbocycles. The number of halogens is 2. The van der Waals surface area contributed by atoms with E-state index in [2.05, 4.69) is 29.8 Å². The van der Waals surface area contributed by atoms with Crippen LogP contribution in [-0.4, -0.2) is 36.3 Å². The van der Waals surface area contributed by atoms with Crippen LogP contribution in [0.4, 0.5) is 0 Å². The highest BCUT2D eigenvalue weighted by molar-refractivity contribution is 9.10. The molecule has 0 bridgehead atoms. The summed E-state index contributed by atoms with van der Waals surface area (Å²) in [5.41, 5.74) is 0.806. The fourth-order valence-corrected chi connectivity index (χ4v) is 6.57. The Bertz CT molecular complexity index is 584. The molecule has 1 aliphatic heterocycles. The number of alkyl halides is 1. The predicted octanol–water partition coefficient (Wildman–Crippen LogP) is 3.70. The van der Waals surface area contributed by atoms with Crippen LogP contribution < -0.4 is 0 Å². The summed E-state index contributed by atoms with van der Waals surface area (Å²) in [7, 11) is -3.48. The number of rotatable bonds is 3. The highest BCUT2D eigenvalue weighted by Crippen LogP contribution is 2.32. The molecule has 1 fully saturated rings. The van der Waals surface area contributed by atoms with Gasteiger partial charge in [-0.3, -0.25) is 0 Å². The van der Waals surface area contributed by atoms with Crippen LogP contribution in [0.25, 0.3) is 0 Å². The molecule has 0 N–H and O–H groups in total. The molecular weight excluding hydrogens is 382 g/mol. The summed E-state index contributed by atoms with van der Waals surface area (Å²) in [6.45, 7) is 5.23. The monoisotopic (exact) mass is 397 g/mol. The highest BCUT2D eigenvalue weighted by atomic mass is 79.9. The first-order chi connectivity index (χ1) is 9.34. The van der Waals surface area contributed by atoms with Crippen molar-refractivity contribution in [2.24, 2.45) is 0 Å². The molecule has 0 radical (unpaired) electrons. The third-order valence-electron chi connectivity index (χ3n) is 3.15. The van der Waals surface area contributed by atoms with E-state index in [1.165, 1.54) is 0 Å². The van der Waals surface area contributed by atoms with E-state index in [4.69, 9.17) is 11.6 Å². The van der Waals surface area contributed by atoms with Crippen LogP contribution in [0.2, 0.25) is 0 Å². The molecule has 112 valence electrons. The van der Waals surface area contributed by atoms with E-state index < -0.39 is 10.0 Å². The first-order valence-corrected chi connectivity index (χ1v) is 10.1. The summed E-state index contributed by atoms with van der Waals surface area (Å²) in [6, 6.07) is 5.23. The lowest BCUT2D eigenvalue weighted by molar-refractivity contribution is 0.404. The van der Waals surface area contributed by atoms with Gasteiger partial charge in [-0.1, -0.05) is 19.9 Å². The molecule has 2 atom stereocenters. The maximum Gasteiger partial charge on any atom is 0.244 e. The Morgan fingerprint density at radius 2 is 1.95 bits per heavy atom. The molecule has 20 heavy (non-hydrogen) atoms. The van der Waals surface area contributed by atoms with Crippen molar-refractivity contribution in [2.45, 2.75) is 35.1 Å². The zero-order valence-electron chi connectivity index (χ0n) is 11.3. The van der Waals surface area contributed by atoms with Gasteiger partial charge in [-0.25, -0.2) is 8.42 Å². The standard InChI is InChI=1S/C13H17BrClNO2S2/c1-9-7-16(8-10(2)19-9)20(17,18)13-5-11(6-15)3-4-12(13)14/h3-5,9-10H,6-8H2,1-2H3. The zero-order chi connectivity index (χ0) is 14.9. The summed E-state index contributed by atoms with van der Waals surface area (Å²) in [5, 5.41) is 0.618.